The smallest absolute Gasteiger partial charge is 0.230 e. The molecule has 2 aromatic heterocycles. The Morgan fingerprint density at radius 2 is 2.16 bits per heavy atom. The minimum Gasteiger partial charge on any atom is -0.619 e. The minimum absolute atomic E-state index is 0.204. The molecular weight excluding hydrogens is 344 g/mol. The van der Waals surface area contributed by atoms with Crippen molar-refractivity contribution in [3.05, 3.63) is 41.6 Å². The predicted octanol–water partition coefficient (Wildman–Crippen LogP) is 0.848. The zero-order valence-corrected chi connectivity index (χ0v) is 15.5. The van der Waals surface area contributed by atoms with Gasteiger partial charge in [-0.1, -0.05) is 6.92 Å². The average molecular weight is 366 g/mol. The number of amides is 1. The lowest BCUT2D eigenvalue weighted by atomic mass is 10.1. The van der Waals surface area contributed by atoms with Crippen LogP contribution in [-0.2, 0) is 14.6 Å². The number of aryl methyl sites for hydroxylation is 1. The fourth-order valence-corrected chi connectivity index (χ4v) is 3.71. The van der Waals surface area contributed by atoms with Crippen LogP contribution in [0, 0.1) is 18.0 Å². The topological polar surface area (TPSA) is 99.2 Å². The van der Waals surface area contributed by atoms with Crippen LogP contribution >= 0.6 is 0 Å². The van der Waals surface area contributed by atoms with Crippen LogP contribution in [0.2, 0.25) is 0 Å². The van der Waals surface area contributed by atoms with Crippen molar-refractivity contribution in [2.45, 2.75) is 20.8 Å². The number of hydrogen-bond donors (Lipinski definition) is 0. The Morgan fingerprint density at radius 1 is 1.48 bits per heavy atom. The summed E-state index contributed by atoms with van der Waals surface area (Å²) in [5, 5.41) is 15.8. The first kappa shape index (κ1) is 18.9. The summed E-state index contributed by atoms with van der Waals surface area (Å²) < 4.78 is 25.1. The van der Waals surface area contributed by atoms with E-state index >= 15 is 0 Å². The lowest BCUT2D eigenvalue weighted by molar-refractivity contribution is -0.605. The number of carbonyl (C=O) groups excluding carboxylic acids is 1. The van der Waals surface area contributed by atoms with E-state index in [0.29, 0.717) is 28.3 Å². The van der Waals surface area contributed by atoms with Gasteiger partial charge >= 0.3 is 0 Å². The number of hydrogen-bond acceptors (Lipinski definition) is 5. The van der Waals surface area contributed by atoms with Crippen LogP contribution < -0.4 is 9.63 Å². The van der Waals surface area contributed by atoms with Crippen LogP contribution in [0.5, 0.6) is 0 Å². The van der Waals surface area contributed by atoms with Gasteiger partial charge in [0.25, 0.3) is 0 Å². The highest BCUT2D eigenvalue weighted by Crippen LogP contribution is 2.22. The second-order valence-electron chi connectivity index (χ2n) is 6.04. The van der Waals surface area contributed by atoms with Gasteiger partial charge < -0.3 is 10.1 Å². The van der Waals surface area contributed by atoms with Crippen molar-refractivity contribution in [2.24, 2.45) is 5.92 Å². The molecule has 2 heterocycles. The number of nitrogens with zero attached hydrogens (tertiary/aromatic N) is 4. The Hall–Kier alpha value is -2.42. The third kappa shape index (κ3) is 4.56. The molecule has 2 rings (SSSR count). The van der Waals surface area contributed by atoms with Gasteiger partial charge in [0.05, 0.1) is 23.3 Å². The molecule has 25 heavy (non-hydrogen) atoms. The summed E-state index contributed by atoms with van der Waals surface area (Å²) in [6, 6.07) is 3.34. The molecule has 0 N–H and O–H groups in total. The van der Waals surface area contributed by atoms with E-state index in [1.54, 1.807) is 32.2 Å². The highest BCUT2D eigenvalue weighted by atomic mass is 32.2. The average Bonchev–Trinajstić information content (AvgIpc) is 2.88. The molecule has 1 atom stereocenters. The Balaban J connectivity index is 2.34. The summed E-state index contributed by atoms with van der Waals surface area (Å²) in [5.41, 5.74) is 1.77. The highest BCUT2D eigenvalue weighted by Gasteiger charge is 2.26. The fraction of sp³-hybridized carbons (Fsp3) is 0.438. The summed E-state index contributed by atoms with van der Waals surface area (Å²) >= 11 is 0. The van der Waals surface area contributed by atoms with E-state index in [4.69, 9.17) is 0 Å². The molecule has 0 radical (unpaired) electrons. The third-order valence-electron chi connectivity index (χ3n) is 3.74. The minimum atomic E-state index is -3.25. The van der Waals surface area contributed by atoms with E-state index in [1.165, 1.54) is 22.0 Å². The van der Waals surface area contributed by atoms with Gasteiger partial charge in [0.1, 0.15) is 15.5 Å². The Labute approximate surface area is 147 Å². The molecule has 136 valence electrons. The van der Waals surface area contributed by atoms with Gasteiger partial charge in [-0.2, -0.15) is 9.83 Å². The van der Waals surface area contributed by atoms with Crippen LogP contribution in [0.1, 0.15) is 19.5 Å². The Kier molecular flexibility index (Phi) is 5.46. The fourth-order valence-electron chi connectivity index (χ4n) is 2.66. The molecule has 0 spiro atoms. The van der Waals surface area contributed by atoms with Crippen molar-refractivity contribution in [2.75, 3.05) is 23.5 Å². The largest absolute Gasteiger partial charge is 0.619 e. The van der Waals surface area contributed by atoms with Gasteiger partial charge in [0.2, 0.25) is 12.1 Å². The van der Waals surface area contributed by atoms with Crippen LogP contribution in [0.25, 0.3) is 5.69 Å². The van der Waals surface area contributed by atoms with Crippen molar-refractivity contribution < 1.29 is 17.9 Å². The van der Waals surface area contributed by atoms with E-state index in [2.05, 4.69) is 5.10 Å². The van der Waals surface area contributed by atoms with Crippen LogP contribution in [0.4, 0.5) is 5.69 Å². The van der Waals surface area contributed by atoms with E-state index in [0.717, 1.165) is 6.26 Å². The molecule has 0 bridgehead atoms. The molecule has 0 aliphatic carbocycles. The zero-order valence-electron chi connectivity index (χ0n) is 14.7. The number of rotatable bonds is 6. The summed E-state index contributed by atoms with van der Waals surface area (Å²) in [7, 11) is -3.25. The second kappa shape index (κ2) is 7.22. The summed E-state index contributed by atoms with van der Waals surface area (Å²) in [6.07, 6.45) is 5.53. The van der Waals surface area contributed by atoms with Crippen molar-refractivity contribution in [1.29, 1.82) is 0 Å². The number of carbonyl (C=O) groups is 1. The van der Waals surface area contributed by atoms with Crippen LogP contribution in [0.15, 0.2) is 30.7 Å². The maximum Gasteiger partial charge on any atom is 0.230 e. The molecule has 0 saturated heterocycles. The van der Waals surface area contributed by atoms with E-state index < -0.39 is 15.8 Å². The first-order chi connectivity index (χ1) is 11.6. The van der Waals surface area contributed by atoms with E-state index in [1.807, 2.05) is 6.92 Å². The third-order valence-corrected chi connectivity index (χ3v) is 4.85. The molecule has 1 unspecified atom stereocenters. The van der Waals surface area contributed by atoms with Gasteiger partial charge in [-0.3, -0.25) is 4.79 Å². The van der Waals surface area contributed by atoms with Gasteiger partial charge in [-0.25, -0.2) is 13.1 Å². The molecule has 0 aliphatic rings. The number of pyridine rings is 1. The molecule has 0 aromatic carbocycles. The SMILES string of the molecule is CCN(C(=O)C(C)CS(C)(=O)=O)c1cn(-c2ccc[n+]([O-])c2)nc1C. The molecule has 1 amide bonds. The lowest BCUT2D eigenvalue weighted by Gasteiger charge is -2.23. The quantitative estimate of drug-likeness (QED) is 0.557. The molecule has 9 heteroatoms. The molecule has 0 fully saturated rings. The van der Waals surface area contributed by atoms with Gasteiger partial charge in [0, 0.05) is 24.8 Å². The zero-order chi connectivity index (χ0) is 18.8. The second-order valence-corrected chi connectivity index (χ2v) is 8.23. The molecule has 2 aromatic rings. The summed E-state index contributed by atoms with van der Waals surface area (Å²) in [5.74, 6) is -1.13. The molecule has 8 nitrogen and oxygen atoms in total. The number of anilines is 1. The lowest BCUT2D eigenvalue weighted by Crippen LogP contribution is -2.37. The number of aromatic nitrogens is 3. The molecule has 0 saturated carbocycles. The van der Waals surface area contributed by atoms with Crippen molar-refractivity contribution in [1.82, 2.24) is 9.78 Å². The first-order valence-electron chi connectivity index (χ1n) is 7.87. The molecule has 0 aliphatic heterocycles. The van der Waals surface area contributed by atoms with Crippen molar-refractivity contribution in [3.8, 4) is 5.69 Å². The molecular formula is C16H22N4O4S. The van der Waals surface area contributed by atoms with Crippen LogP contribution in [-0.4, -0.2) is 42.7 Å². The van der Waals surface area contributed by atoms with Gasteiger partial charge in [-0.15, -0.1) is 0 Å². The van der Waals surface area contributed by atoms with Gasteiger partial charge in [0.15, 0.2) is 6.20 Å². The van der Waals surface area contributed by atoms with E-state index in [-0.39, 0.29) is 11.7 Å². The number of sulfone groups is 1. The summed E-state index contributed by atoms with van der Waals surface area (Å²) in [6.45, 7) is 5.56. The van der Waals surface area contributed by atoms with Crippen molar-refractivity contribution >= 4 is 21.4 Å². The monoisotopic (exact) mass is 366 g/mol. The Morgan fingerprint density at radius 3 is 2.72 bits per heavy atom. The summed E-state index contributed by atoms with van der Waals surface area (Å²) in [4.78, 5) is 14.2. The Bertz CT molecular complexity index is 876. The maximum atomic E-state index is 12.7. The van der Waals surface area contributed by atoms with E-state index in [9.17, 15) is 18.4 Å². The van der Waals surface area contributed by atoms with Gasteiger partial charge in [-0.05, 0) is 19.9 Å². The normalized spacial score (nSPS) is 12.8. The van der Waals surface area contributed by atoms with Crippen molar-refractivity contribution in [3.63, 3.8) is 0 Å². The highest BCUT2D eigenvalue weighted by molar-refractivity contribution is 7.90. The maximum absolute atomic E-state index is 12.7. The predicted molar refractivity (Wildman–Crippen MR) is 94.2 cm³/mol. The standard InChI is InChI=1S/C16H22N4O4S/c1-5-19(16(21)12(2)11-25(4,23)24)15-10-20(17-13(15)3)14-7-6-8-18(22)9-14/h6-10,12H,5,11H2,1-4H3. The van der Waals surface area contributed by atoms with Crippen LogP contribution in [0.3, 0.4) is 0 Å². The first-order valence-corrected chi connectivity index (χ1v) is 9.93.